The molecule has 1 aromatic carbocycles. The summed E-state index contributed by atoms with van der Waals surface area (Å²) < 4.78 is 36.5. The first-order chi connectivity index (χ1) is 6.11. The maximum atomic E-state index is 13.0. The fourth-order valence-corrected chi connectivity index (χ4v) is 1.00. The van der Waals surface area contributed by atoms with E-state index in [2.05, 4.69) is 5.32 Å². The van der Waals surface area contributed by atoms with Crippen molar-refractivity contribution < 1.29 is 13.2 Å². The minimum atomic E-state index is -2.52. The Labute approximate surface area is 78.5 Å². The third-order valence-electron chi connectivity index (χ3n) is 1.40. The number of anilines is 1. The standard InChI is InChI=1S/C8H7ClF3N/c9-5-2-1-3-6(8(5)12)13-4-7(10)11/h1-3,7,13H,4H2. The number of hydrogen-bond donors (Lipinski definition) is 1. The van der Waals surface area contributed by atoms with E-state index in [0.717, 1.165) is 0 Å². The maximum Gasteiger partial charge on any atom is 0.255 e. The van der Waals surface area contributed by atoms with E-state index in [0.29, 0.717) is 0 Å². The first-order valence-electron chi connectivity index (χ1n) is 3.57. The smallest absolute Gasteiger partial charge is 0.255 e. The molecule has 1 N–H and O–H groups in total. The summed E-state index contributed by atoms with van der Waals surface area (Å²) in [7, 11) is 0. The first-order valence-corrected chi connectivity index (χ1v) is 3.95. The van der Waals surface area contributed by atoms with E-state index in [1.165, 1.54) is 18.2 Å². The average molecular weight is 210 g/mol. The van der Waals surface area contributed by atoms with Crippen LogP contribution in [0.2, 0.25) is 5.02 Å². The molecular weight excluding hydrogens is 203 g/mol. The minimum absolute atomic E-state index is 0.00667. The van der Waals surface area contributed by atoms with E-state index in [9.17, 15) is 13.2 Å². The number of nitrogens with one attached hydrogen (secondary N) is 1. The SMILES string of the molecule is Fc1c(Cl)cccc1NCC(F)F. The lowest BCUT2D eigenvalue weighted by atomic mass is 10.3. The van der Waals surface area contributed by atoms with Crippen LogP contribution < -0.4 is 5.32 Å². The van der Waals surface area contributed by atoms with Crippen LogP contribution in [0.4, 0.5) is 18.9 Å². The van der Waals surface area contributed by atoms with Gasteiger partial charge in [0.25, 0.3) is 6.43 Å². The lowest BCUT2D eigenvalue weighted by Gasteiger charge is -2.06. The molecule has 0 bridgehead atoms. The maximum absolute atomic E-state index is 13.0. The zero-order valence-electron chi connectivity index (χ0n) is 6.53. The van der Waals surface area contributed by atoms with Crippen molar-refractivity contribution in [2.24, 2.45) is 0 Å². The Bertz CT molecular complexity index is 291. The van der Waals surface area contributed by atoms with Crippen LogP contribution in [0.1, 0.15) is 0 Å². The van der Waals surface area contributed by atoms with Crippen LogP contribution in [-0.2, 0) is 0 Å². The van der Waals surface area contributed by atoms with Crippen molar-refractivity contribution in [2.75, 3.05) is 11.9 Å². The van der Waals surface area contributed by atoms with E-state index in [1.54, 1.807) is 0 Å². The number of hydrogen-bond acceptors (Lipinski definition) is 1. The third-order valence-corrected chi connectivity index (χ3v) is 1.69. The van der Waals surface area contributed by atoms with Crippen LogP contribution in [-0.4, -0.2) is 13.0 Å². The second kappa shape index (κ2) is 4.37. The number of alkyl halides is 2. The molecule has 0 unspecified atom stereocenters. The summed E-state index contributed by atoms with van der Waals surface area (Å²) in [5, 5.41) is 2.16. The first kappa shape index (κ1) is 10.2. The van der Waals surface area contributed by atoms with Crippen LogP contribution in [0.3, 0.4) is 0 Å². The lowest BCUT2D eigenvalue weighted by molar-refractivity contribution is 0.163. The van der Waals surface area contributed by atoms with Gasteiger partial charge in [0.2, 0.25) is 0 Å². The van der Waals surface area contributed by atoms with Crippen molar-refractivity contribution in [1.82, 2.24) is 0 Å². The van der Waals surface area contributed by atoms with E-state index >= 15 is 0 Å². The van der Waals surface area contributed by atoms with E-state index in [-0.39, 0.29) is 10.7 Å². The summed E-state index contributed by atoms with van der Waals surface area (Å²) in [6.45, 7) is -0.586. The number of rotatable bonds is 3. The highest BCUT2D eigenvalue weighted by Gasteiger charge is 2.07. The van der Waals surface area contributed by atoms with Crippen LogP contribution in [0.25, 0.3) is 0 Å². The molecule has 0 atom stereocenters. The summed E-state index contributed by atoms with van der Waals surface area (Å²) >= 11 is 5.43. The molecule has 0 amide bonds. The van der Waals surface area contributed by atoms with Crippen molar-refractivity contribution in [3.8, 4) is 0 Å². The predicted molar refractivity (Wildman–Crippen MR) is 45.9 cm³/mol. The zero-order chi connectivity index (χ0) is 9.84. The molecule has 1 aromatic rings. The van der Waals surface area contributed by atoms with Gasteiger partial charge >= 0.3 is 0 Å². The molecule has 0 saturated carbocycles. The van der Waals surface area contributed by atoms with E-state index < -0.39 is 18.8 Å². The summed E-state index contributed by atoms with van der Waals surface area (Å²) in [6.07, 6.45) is -2.52. The van der Waals surface area contributed by atoms with Crippen molar-refractivity contribution >= 4 is 17.3 Å². The van der Waals surface area contributed by atoms with Crippen molar-refractivity contribution in [2.45, 2.75) is 6.43 Å². The Morgan fingerprint density at radius 2 is 2.08 bits per heavy atom. The summed E-state index contributed by atoms with van der Waals surface area (Å²) in [6, 6.07) is 4.19. The Kier molecular flexibility index (Phi) is 3.42. The summed E-state index contributed by atoms with van der Waals surface area (Å²) in [5.41, 5.74) is -0.00667. The molecule has 0 saturated heterocycles. The Hall–Kier alpha value is -0.900. The van der Waals surface area contributed by atoms with Gasteiger partial charge in [-0.1, -0.05) is 17.7 Å². The quantitative estimate of drug-likeness (QED) is 0.807. The van der Waals surface area contributed by atoms with Crippen LogP contribution in [0.5, 0.6) is 0 Å². The highest BCUT2D eigenvalue weighted by molar-refractivity contribution is 6.31. The van der Waals surface area contributed by atoms with Crippen LogP contribution in [0.15, 0.2) is 18.2 Å². The van der Waals surface area contributed by atoms with Gasteiger partial charge in [-0.3, -0.25) is 0 Å². The summed E-state index contributed by atoms with van der Waals surface area (Å²) in [4.78, 5) is 0. The molecule has 0 spiro atoms. The zero-order valence-corrected chi connectivity index (χ0v) is 7.28. The van der Waals surface area contributed by atoms with Gasteiger partial charge < -0.3 is 5.32 Å². The molecule has 0 aliphatic rings. The highest BCUT2D eigenvalue weighted by Crippen LogP contribution is 2.21. The monoisotopic (exact) mass is 209 g/mol. The number of benzene rings is 1. The molecule has 0 heterocycles. The van der Waals surface area contributed by atoms with Gasteiger partial charge in [-0.25, -0.2) is 13.2 Å². The Morgan fingerprint density at radius 3 is 2.69 bits per heavy atom. The lowest BCUT2D eigenvalue weighted by Crippen LogP contribution is -2.11. The minimum Gasteiger partial charge on any atom is -0.377 e. The molecular formula is C8H7ClF3N. The third kappa shape index (κ3) is 2.81. The van der Waals surface area contributed by atoms with Gasteiger partial charge in [0, 0.05) is 0 Å². The van der Waals surface area contributed by atoms with Crippen LogP contribution >= 0.6 is 11.6 Å². The van der Waals surface area contributed by atoms with Gasteiger partial charge in [-0.2, -0.15) is 0 Å². The Morgan fingerprint density at radius 1 is 1.38 bits per heavy atom. The molecule has 0 aliphatic carbocycles. The molecule has 1 rings (SSSR count). The molecule has 0 aliphatic heterocycles. The van der Waals surface area contributed by atoms with E-state index in [1.807, 2.05) is 0 Å². The van der Waals surface area contributed by atoms with Gasteiger partial charge in [0.1, 0.15) is 0 Å². The topological polar surface area (TPSA) is 12.0 Å². The van der Waals surface area contributed by atoms with Crippen molar-refractivity contribution in [1.29, 1.82) is 0 Å². The predicted octanol–water partition coefficient (Wildman–Crippen LogP) is 3.16. The van der Waals surface area contributed by atoms with Gasteiger partial charge in [0.05, 0.1) is 17.3 Å². The fraction of sp³-hybridized carbons (Fsp3) is 0.250. The molecule has 0 fully saturated rings. The van der Waals surface area contributed by atoms with Crippen molar-refractivity contribution in [3.05, 3.63) is 29.0 Å². The molecule has 5 heteroatoms. The normalized spacial score (nSPS) is 10.5. The molecule has 72 valence electrons. The summed E-state index contributed by atoms with van der Waals surface area (Å²) in [5.74, 6) is -0.704. The van der Waals surface area contributed by atoms with Crippen LogP contribution in [0, 0.1) is 5.82 Å². The largest absolute Gasteiger partial charge is 0.377 e. The molecule has 1 nitrogen and oxygen atoms in total. The Balaban J connectivity index is 2.71. The second-order valence-electron chi connectivity index (χ2n) is 2.37. The fourth-order valence-electron chi connectivity index (χ4n) is 0.827. The molecule has 0 aromatic heterocycles. The van der Waals surface area contributed by atoms with Gasteiger partial charge in [-0.15, -0.1) is 0 Å². The second-order valence-corrected chi connectivity index (χ2v) is 2.78. The highest BCUT2D eigenvalue weighted by atomic mass is 35.5. The van der Waals surface area contributed by atoms with Gasteiger partial charge in [0.15, 0.2) is 5.82 Å². The molecule has 13 heavy (non-hydrogen) atoms. The molecule has 0 radical (unpaired) electrons. The van der Waals surface area contributed by atoms with Crippen molar-refractivity contribution in [3.63, 3.8) is 0 Å². The number of halogens is 4. The van der Waals surface area contributed by atoms with E-state index in [4.69, 9.17) is 11.6 Å². The van der Waals surface area contributed by atoms with Gasteiger partial charge in [-0.05, 0) is 12.1 Å². The average Bonchev–Trinajstić information content (AvgIpc) is 2.07.